The molecule has 114 valence electrons. The van der Waals surface area contributed by atoms with Crippen LogP contribution in [0.5, 0.6) is 0 Å². The maximum absolute atomic E-state index is 12.6. The van der Waals surface area contributed by atoms with E-state index < -0.39 is 0 Å². The van der Waals surface area contributed by atoms with Crippen LogP contribution in [0.15, 0.2) is 28.7 Å². The number of halogens is 1. The zero-order valence-corrected chi connectivity index (χ0v) is 13.6. The summed E-state index contributed by atoms with van der Waals surface area (Å²) in [6.45, 7) is 1.93. The summed E-state index contributed by atoms with van der Waals surface area (Å²) < 4.78 is 6.88. The lowest BCUT2D eigenvalue weighted by atomic mass is 10.0. The zero-order valence-electron chi connectivity index (χ0n) is 12.0. The molecule has 1 aliphatic carbocycles. The maximum atomic E-state index is 12.6. The van der Waals surface area contributed by atoms with Crippen molar-refractivity contribution in [2.45, 2.75) is 31.4 Å². The third-order valence-electron chi connectivity index (χ3n) is 4.42. The SMILES string of the molecule is NC1CCC(C(=O)N2CCOC(c3cccc(Br)c3)C2)C1. The van der Waals surface area contributed by atoms with Gasteiger partial charge in [0.2, 0.25) is 5.91 Å². The van der Waals surface area contributed by atoms with Crippen molar-refractivity contribution in [1.82, 2.24) is 4.90 Å². The Labute approximate surface area is 133 Å². The summed E-state index contributed by atoms with van der Waals surface area (Å²) in [5.41, 5.74) is 7.04. The van der Waals surface area contributed by atoms with Crippen LogP contribution in [-0.4, -0.2) is 36.5 Å². The lowest BCUT2D eigenvalue weighted by molar-refractivity contribution is -0.143. The Bertz CT molecular complexity index is 523. The monoisotopic (exact) mass is 352 g/mol. The topological polar surface area (TPSA) is 55.6 Å². The van der Waals surface area contributed by atoms with Crippen LogP contribution in [0.4, 0.5) is 0 Å². The van der Waals surface area contributed by atoms with Crippen molar-refractivity contribution >= 4 is 21.8 Å². The second-order valence-corrected chi connectivity index (χ2v) is 6.88. The molecule has 1 heterocycles. The number of carbonyl (C=O) groups is 1. The van der Waals surface area contributed by atoms with Crippen LogP contribution in [0.3, 0.4) is 0 Å². The van der Waals surface area contributed by atoms with Crippen LogP contribution < -0.4 is 5.73 Å². The fraction of sp³-hybridized carbons (Fsp3) is 0.562. The number of amides is 1. The Morgan fingerprint density at radius 1 is 1.38 bits per heavy atom. The summed E-state index contributed by atoms with van der Waals surface area (Å²) in [7, 11) is 0. The molecule has 0 aromatic heterocycles. The molecule has 5 heteroatoms. The largest absolute Gasteiger partial charge is 0.370 e. The summed E-state index contributed by atoms with van der Waals surface area (Å²) in [6.07, 6.45) is 2.70. The van der Waals surface area contributed by atoms with E-state index in [1.807, 2.05) is 17.0 Å². The van der Waals surface area contributed by atoms with Crippen LogP contribution in [-0.2, 0) is 9.53 Å². The third-order valence-corrected chi connectivity index (χ3v) is 4.91. The van der Waals surface area contributed by atoms with Gasteiger partial charge in [0.25, 0.3) is 0 Å². The summed E-state index contributed by atoms with van der Waals surface area (Å²) >= 11 is 3.48. The third kappa shape index (κ3) is 3.47. The minimum atomic E-state index is -0.0322. The van der Waals surface area contributed by atoms with E-state index in [4.69, 9.17) is 10.5 Å². The van der Waals surface area contributed by atoms with Gasteiger partial charge in [-0.05, 0) is 37.0 Å². The summed E-state index contributed by atoms with van der Waals surface area (Å²) in [6, 6.07) is 8.30. The van der Waals surface area contributed by atoms with Gasteiger partial charge in [-0.15, -0.1) is 0 Å². The summed E-state index contributed by atoms with van der Waals surface area (Å²) in [5, 5.41) is 0. The molecule has 3 unspecified atom stereocenters. The van der Waals surface area contributed by atoms with Gasteiger partial charge in [0.05, 0.1) is 13.2 Å². The number of benzene rings is 1. The van der Waals surface area contributed by atoms with Crippen molar-refractivity contribution in [3.05, 3.63) is 34.3 Å². The fourth-order valence-corrected chi connectivity index (χ4v) is 3.67. The van der Waals surface area contributed by atoms with Crippen molar-refractivity contribution in [3.8, 4) is 0 Å². The van der Waals surface area contributed by atoms with Gasteiger partial charge in [0.15, 0.2) is 0 Å². The normalized spacial score (nSPS) is 29.6. The molecule has 1 aromatic rings. The van der Waals surface area contributed by atoms with E-state index in [2.05, 4.69) is 28.1 Å². The standard InChI is InChI=1S/C16H21BrN2O2/c17-13-3-1-2-11(8-13)15-10-19(6-7-21-15)16(20)12-4-5-14(18)9-12/h1-3,8,12,14-15H,4-7,9-10,18H2. The van der Waals surface area contributed by atoms with Crippen molar-refractivity contribution < 1.29 is 9.53 Å². The Balaban J connectivity index is 1.67. The van der Waals surface area contributed by atoms with E-state index in [0.717, 1.165) is 29.3 Å². The number of hydrogen-bond acceptors (Lipinski definition) is 3. The van der Waals surface area contributed by atoms with Crippen LogP contribution in [0.2, 0.25) is 0 Å². The number of ether oxygens (including phenoxy) is 1. The Hall–Kier alpha value is -0.910. The lowest BCUT2D eigenvalue weighted by Gasteiger charge is -2.34. The van der Waals surface area contributed by atoms with Gasteiger partial charge in [-0.25, -0.2) is 0 Å². The predicted octanol–water partition coefficient (Wildman–Crippen LogP) is 2.48. The summed E-state index contributed by atoms with van der Waals surface area (Å²) in [5.74, 6) is 0.368. The molecule has 1 saturated heterocycles. The molecule has 0 spiro atoms. The summed E-state index contributed by atoms with van der Waals surface area (Å²) in [4.78, 5) is 14.6. The van der Waals surface area contributed by atoms with Crippen LogP contribution >= 0.6 is 15.9 Å². The molecule has 0 radical (unpaired) electrons. The maximum Gasteiger partial charge on any atom is 0.225 e. The first-order chi connectivity index (χ1) is 10.1. The number of hydrogen-bond donors (Lipinski definition) is 1. The van der Waals surface area contributed by atoms with Gasteiger partial charge in [-0.2, -0.15) is 0 Å². The number of rotatable bonds is 2. The molecular weight excluding hydrogens is 332 g/mol. The Morgan fingerprint density at radius 2 is 2.24 bits per heavy atom. The van der Waals surface area contributed by atoms with E-state index >= 15 is 0 Å². The van der Waals surface area contributed by atoms with Gasteiger partial charge in [-0.3, -0.25) is 4.79 Å². The number of nitrogens with zero attached hydrogens (tertiary/aromatic N) is 1. The van der Waals surface area contributed by atoms with Crippen molar-refractivity contribution in [1.29, 1.82) is 0 Å². The minimum Gasteiger partial charge on any atom is -0.370 e. The van der Waals surface area contributed by atoms with Gasteiger partial charge < -0.3 is 15.4 Å². The molecule has 2 fully saturated rings. The van der Waals surface area contributed by atoms with Gasteiger partial charge in [-0.1, -0.05) is 28.1 Å². The van der Waals surface area contributed by atoms with Crippen LogP contribution in [0.1, 0.15) is 30.9 Å². The first-order valence-electron chi connectivity index (χ1n) is 7.55. The van der Waals surface area contributed by atoms with Gasteiger partial charge >= 0.3 is 0 Å². The fourth-order valence-electron chi connectivity index (χ4n) is 3.26. The molecule has 1 amide bonds. The second kappa shape index (κ2) is 6.46. The molecular formula is C16H21BrN2O2. The van der Waals surface area contributed by atoms with E-state index in [-0.39, 0.29) is 24.0 Å². The number of nitrogens with two attached hydrogens (primary N) is 1. The minimum absolute atomic E-state index is 0.0322. The highest BCUT2D eigenvalue weighted by molar-refractivity contribution is 9.10. The lowest BCUT2D eigenvalue weighted by Crippen LogP contribution is -2.44. The second-order valence-electron chi connectivity index (χ2n) is 5.97. The molecule has 3 atom stereocenters. The number of morpholine rings is 1. The van der Waals surface area contributed by atoms with E-state index in [1.165, 1.54) is 0 Å². The molecule has 4 nitrogen and oxygen atoms in total. The average molecular weight is 353 g/mol. The molecule has 1 saturated carbocycles. The Morgan fingerprint density at radius 3 is 2.95 bits per heavy atom. The molecule has 2 aliphatic rings. The quantitative estimate of drug-likeness (QED) is 0.889. The average Bonchev–Trinajstić information content (AvgIpc) is 2.93. The van der Waals surface area contributed by atoms with Crippen LogP contribution in [0, 0.1) is 5.92 Å². The molecule has 1 aliphatic heterocycles. The van der Waals surface area contributed by atoms with E-state index in [0.29, 0.717) is 19.7 Å². The van der Waals surface area contributed by atoms with Crippen LogP contribution in [0.25, 0.3) is 0 Å². The first kappa shape index (κ1) is 15.0. The van der Waals surface area contributed by atoms with E-state index in [9.17, 15) is 4.79 Å². The van der Waals surface area contributed by atoms with Crippen molar-refractivity contribution in [2.75, 3.05) is 19.7 Å². The van der Waals surface area contributed by atoms with Crippen molar-refractivity contribution in [2.24, 2.45) is 11.7 Å². The molecule has 3 rings (SSSR count). The molecule has 1 aromatic carbocycles. The van der Waals surface area contributed by atoms with Gasteiger partial charge in [0, 0.05) is 23.0 Å². The molecule has 0 bridgehead atoms. The highest BCUT2D eigenvalue weighted by Gasteiger charge is 2.33. The highest BCUT2D eigenvalue weighted by atomic mass is 79.9. The van der Waals surface area contributed by atoms with Crippen molar-refractivity contribution in [3.63, 3.8) is 0 Å². The predicted molar refractivity (Wildman–Crippen MR) is 84.7 cm³/mol. The Kier molecular flexibility index (Phi) is 4.62. The van der Waals surface area contributed by atoms with Gasteiger partial charge in [0.1, 0.15) is 6.10 Å². The molecule has 2 N–H and O–H groups in total. The highest BCUT2D eigenvalue weighted by Crippen LogP contribution is 2.29. The molecule has 21 heavy (non-hydrogen) atoms. The zero-order chi connectivity index (χ0) is 14.8. The number of carbonyl (C=O) groups excluding carboxylic acids is 1. The smallest absolute Gasteiger partial charge is 0.225 e. The first-order valence-corrected chi connectivity index (χ1v) is 8.34. The van der Waals surface area contributed by atoms with E-state index in [1.54, 1.807) is 0 Å².